The third-order valence-electron chi connectivity index (χ3n) is 3.71. The van der Waals surface area contributed by atoms with E-state index in [2.05, 4.69) is 29.8 Å². The highest BCUT2D eigenvalue weighted by molar-refractivity contribution is 9.10. The van der Waals surface area contributed by atoms with Gasteiger partial charge in [-0.3, -0.25) is 0 Å². The first-order chi connectivity index (χ1) is 12.0. The molecule has 0 radical (unpaired) electrons. The van der Waals surface area contributed by atoms with E-state index < -0.39 is 0 Å². The van der Waals surface area contributed by atoms with E-state index in [-0.39, 0.29) is 5.97 Å². The van der Waals surface area contributed by atoms with E-state index in [1.54, 1.807) is 30.3 Å². The highest BCUT2D eigenvalue weighted by Crippen LogP contribution is 2.32. The summed E-state index contributed by atoms with van der Waals surface area (Å²) in [5.41, 5.74) is 0.490. The van der Waals surface area contributed by atoms with Crippen LogP contribution in [0.5, 0.6) is 11.5 Å². The molecular formula is C21H19BrO3. The van der Waals surface area contributed by atoms with Gasteiger partial charge in [-0.15, -0.1) is 0 Å². The van der Waals surface area contributed by atoms with Gasteiger partial charge in [0, 0.05) is 9.86 Å². The van der Waals surface area contributed by atoms with E-state index in [0.29, 0.717) is 23.8 Å². The second-order valence-electron chi connectivity index (χ2n) is 6.21. The summed E-state index contributed by atoms with van der Waals surface area (Å²) in [6.07, 6.45) is 0. The quantitative estimate of drug-likeness (QED) is 0.399. The van der Waals surface area contributed by atoms with Crippen LogP contribution in [0.4, 0.5) is 0 Å². The first-order valence-corrected chi connectivity index (χ1v) is 8.96. The minimum absolute atomic E-state index is 0.386. The SMILES string of the molecule is CC(C)COc1ccc(C(=O)Oc2ccc(Br)c3ccccc23)cc1. The molecule has 0 spiro atoms. The minimum Gasteiger partial charge on any atom is -0.493 e. The lowest BCUT2D eigenvalue weighted by Gasteiger charge is -2.10. The molecule has 0 bridgehead atoms. The summed E-state index contributed by atoms with van der Waals surface area (Å²) in [6, 6.07) is 18.5. The fourth-order valence-corrected chi connectivity index (χ4v) is 2.91. The van der Waals surface area contributed by atoms with Crippen LogP contribution >= 0.6 is 15.9 Å². The number of ether oxygens (including phenoxy) is 2. The highest BCUT2D eigenvalue weighted by Gasteiger charge is 2.12. The lowest BCUT2D eigenvalue weighted by molar-refractivity contribution is 0.0737. The van der Waals surface area contributed by atoms with Gasteiger partial charge < -0.3 is 9.47 Å². The van der Waals surface area contributed by atoms with Gasteiger partial charge in [-0.2, -0.15) is 0 Å². The van der Waals surface area contributed by atoms with Gasteiger partial charge in [-0.05, 0) is 47.7 Å². The van der Waals surface area contributed by atoms with Gasteiger partial charge in [-0.1, -0.05) is 54.0 Å². The normalized spacial score (nSPS) is 10.9. The van der Waals surface area contributed by atoms with Crippen molar-refractivity contribution < 1.29 is 14.3 Å². The van der Waals surface area contributed by atoms with Crippen molar-refractivity contribution in [3.05, 3.63) is 70.7 Å². The molecule has 128 valence electrons. The summed E-state index contributed by atoms with van der Waals surface area (Å²) < 4.78 is 12.2. The van der Waals surface area contributed by atoms with E-state index in [1.165, 1.54) is 0 Å². The fraction of sp³-hybridized carbons (Fsp3) is 0.190. The standard InChI is InChI=1S/C21H19BrO3/c1-14(2)13-24-16-9-7-15(8-10-16)21(23)25-20-12-11-19(22)17-5-3-4-6-18(17)20/h3-12,14H,13H2,1-2H3. The average molecular weight is 399 g/mol. The first kappa shape index (κ1) is 17.5. The molecular weight excluding hydrogens is 380 g/mol. The van der Waals surface area contributed by atoms with Crippen LogP contribution in [0.3, 0.4) is 0 Å². The second-order valence-corrected chi connectivity index (χ2v) is 7.06. The number of halogens is 1. The van der Waals surface area contributed by atoms with Crippen LogP contribution in [-0.2, 0) is 0 Å². The Balaban J connectivity index is 1.78. The molecule has 3 nitrogen and oxygen atoms in total. The summed E-state index contributed by atoms with van der Waals surface area (Å²) in [5.74, 6) is 1.36. The van der Waals surface area contributed by atoms with Crippen molar-refractivity contribution in [2.24, 2.45) is 5.92 Å². The zero-order chi connectivity index (χ0) is 17.8. The van der Waals surface area contributed by atoms with E-state index in [9.17, 15) is 4.79 Å². The molecule has 25 heavy (non-hydrogen) atoms. The minimum atomic E-state index is -0.386. The summed E-state index contributed by atoms with van der Waals surface area (Å²) in [7, 11) is 0. The van der Waals surface area contributed by atoms with Gasteiger partial charge in [0.1, 0.15) is 11.5 Å². The Labute approximate surface area is 155 Å². The van der Waals surface area contributed by atoms with Crippen LogP contribution in [0, 0.1) is 5.92 Å². The predicted molar refractivity (Wildman–Crippen MR) is 103 cm³/mol. The molecule has 3 rings (SSSR count). The lowest BCUT2D eigenvalue weighted by Crippen LogP contribution is -2.09. The third kappa shape index (κ3) is 4.20. The van der Waals surface area contributed by atoms with Crippen molar-refractivity contribution in [1.29, 1.82) is 0 Å². The van der Waals surface area contributed by atoms with Gasteiger partial charge in [0.2, 0.25) is 0 Å². The molecule has 3 aromatic carbocycles. The molecule has 0 heterocycles. The van der Waals surface area contributed by atoms with Gasteiger partial charge in [0.15, 0.2) is 0 Å². The van der Waals surface area contributed by atoms with Crippen LogP contribution in [0.25, 0.3) is 10.8 Å². The Morgan fingerprint density at radius 3 is 2.32 bits per heavy atom. The number of hydrogen-bond acceptors (Lipinski definition) is 3. The number of carbonyl (C=O) groups excluding carboxylic acids is 1. The Kier molecular flexibility index (Phi) is 5.39. The topological polar surface area (TPSA) is 35.5 Å². The van der Waals surface area contributed by atoms with Crippen molar-refractivity contribution in [2.45, 2.75) is 13.8 Å². The Bertz CT molecular complexity index is 885. The summed E-state index contributed by atoms with van der Waals surface area (Å²) in [5, 5.41) is 1.90. The summed E-state index contributed by atoms with van der Waals surface area (Å²) >= 11 is 3.52. The largest absolute Gasteiger partial charge is 0.493 e. The Hall–Kier alpha value is -2.33. The predicted octanol–water partition coefficient (Wildman–Crippen LogP) is 5.86. The summed E-state index contributed by atoms with van der Waals surface area (Å²) in [4.78, 5) is 12.4. The number of carbonyl (C=O) groups is 1. The molecule has 0 aliphatic carbocycles. The molecule has 3 aromatic rings. The van der Waals surface area contributed by atoms with Crippen LogP contribution in [0.2, 0.25) is 0 Å². The van der Waals surface area contributed by atoms with Gasteiger partial charge in [0.05, 0.1) is 12.2 Å². The maximum atomic E-state index is 12.4. The van der Waals surface area contributed by atoms with Crippen LogP contribution < -0.4 is 9.47 Å². The van der Waals surface area contributed by atoms with E-state index >= 15 is 0 Å². The molecule has 0 aliphatic heterocycles. The van der Waals surface area contributed by atoms with E-state index in [4.69, 9.17) is 9.47 Å². The zero-order valence-electron chi connectivity index (χ0n) is 14.2. The third-order valence-corrected chi connectivity index (χ3v) is 4.40. The summed E-state index contributed by atoms with van der Waals surface area (Å²) in [6.45, 7) is 4.83. The number of benzene rings is 3. The van der Waals surface area contributed by atoms with Crippen molar-refractivity contribution in [2.75, 3.05) is 6.61 Å². The fourth-order valence-electron chi connectivity index (χ4n) is 2.43. The molecule has 0 fully saturated rings. The van der Waals surface area contributed by atoms with Gasteiger partial charge in [0.25, 0.3) is 0 Å². The maximum Gasteiger partial charge on any atom is 0.343 e. The Morgan fingerprint density at radius 2 is 1.64 bits per heavy atom. The average Bonchev–Trinajstić information content (AvgIpc) is 2.63. The number of hydrogen-bond donors (Lipinski definition) is 0. The Morgan fingerprint density at radius 1 is 0.960 bits per heavy atom. The van der Waals surface area contributed by atoms with Crippen molar-refractivity contribution in [1.82, 2.24) is 0 Å². The number of esters is 1. The molecule has 0 aliphatic rings. The van der Waals surface area contributed by atoms with Crippen LogP contribution in [-0.4, -0.2) is 12.6 Å². The monoisotopic (exact) mass is 398 g/mol. The molecule has 0 saturated carbocycles. The molecule has 0 N–H and O–H groups in total. The van der Waals surface area contributed by atoms with Gasteiger partial charge in [-0.25, -0.2) is 4.79 Å². The molecule has 0 aromatic heterocycles. The van der Waals surface area contributed by atoms with Crippen molar-refractivity contribution >= 4 is 32.7 Å². The lowest BCUT2D eigenvalue weighted by atomic mass is 10.1. The number of fused-ring (bicyclic) bond motifs is 1. The molecule has 0 saturated heterocycles. The van der Waals surface area contributed by atoms with Crippen LogP contribution in [0.1, 0.15) is 24.2 Å². The van der Waals surface area contributed by atoms with E-state index in [1.807, 2.05) is 30.3 Å². The molecule has 0 unspecified atom stereocenters. The molecule has 4 heteroatoms. The maximum absolute atomic E-state index is 12.4. The van der Waals surface area contributed by atoms with Crippen molar-refractivity contribution in [3.63, 3.8) is 0 Å². The number of rotatable bonds is 5. The van der Waals surface area contributed by atoms with Crippen LogP contribution in [0.15, 0.2) is 65.1 Å². The molecule has 0 atom stereocenters. The van der Waals surface area contributed by atoms with E-state index in [0.717, 1.165) is 21.0 Å². The second kappa shape index (κ2) is 7.70. The van der Waals surface area contributed by atoms with Crippen molar-refractivity contribution in [3.8, 4) is 11.5 Å². The van der Waals surface area contributed by atoms with Gasteiger partial charge >= 0.3 is 5.97 Å². The molecule has 0 amide bonds. The smallest absolute Gasteiger partial charge is 0.343 e. The zero-order valence-corrected chi connectivity index (χ0v) is 15.7. The highest BCUT2D eigenvalue weighted by atomic mass is 79.9. The first-order valence-electron chi connectivity index (χ1n) is 8.17.